The summed E-state index contributed by atoms with van der Waals surface area (Å²) in [5, 5.41) is 0. The third-order valence-corrected chi connectivity index (χ3v) is 5.76. The van der Waals surface area contributed by atoms with Crippen LogP contribution in [0.1, 0.15) is 44.7 Å². The van der Waals surface area contributed by atoms with Crippen molar-refractivity contribution in [3.05, 3.63) is 41.0 Å². The van der Waals surface area contributed by atoms with Crippen molar-refractivity contribution in [2.75, 3.05) is 0 Å². The molecule has 0 aliphatic heterocycles. The number of Topliss-reactive ketones (excluding diaryl/α,β-unsaturated/α-hetero) is 1. The third-order valence-electron chi connectivity index (χ3n) is 5.76. The highest BCUT2D eigenvalue weighted by Crippen LogP contribution is 2.65. The number of carbonyl (C=O) groups excluding carboxylic acids is 1. The molecule has 1 aromatic rings. The minimum atomic E-state index is -0.145. The average Bonchev–Trinajstić information content (AvgIpc) is 2.66. The predicted molar refractivity (Wildman–Crippen MR) is 78.8 cm³/mol. The first-order valence-corrected chi connectivity index (χ1v) is 7.19. The lowest BCUT2D eigenvalue weighted by atomic mass is 9.70. The summed E-state index contributed by atoms with van der Waals surface area (Å²) in [5.41, 5.74) is 3.44. The Morgan fingerprint density at radius 1 is 1.16 bits per heavy atom. The van der Waals surface area contributed by atoms with Gasteiger partial charge in [0, 0.05) is 5.41 Å². The number of hydrogen-bond donors (Lipinski definition) is 0. The van der Waals surface area contributed by atoms with E-state index in [0.717, 1.165) is 24.0 Å². The number of hydrogen-bond acceptors (Lipinski definition) is 1. The fraction of sp³-hybridized carbons (Fsp3) is 0.500. The summed E-state index contributed by atoms with van der Waals surface area (Å²) in [6.45, 7) is 8.77. The lowest BCUT2D eigenvalue weighted by molar-refractivity contribution is -0.125. The molecule has 0 radical (unpaired) electrons. The van der Waals surface area contributed by atoms with E-state index in [0.29, 0.717) is 11.7 Å². The molecular weight excluding hydrogens is 232 g/mol. The van der Waals surface area contributed by atoms with Gasteiger partial charge in [0.2, 0.25) is 0 Å². The predicted octanol–water partition coefficient (Wildman–Crippen LogP) is 4.40. The van der Waals surface area contributed by atoms with Crippen molar-refractivity contribution in [1.29, 1.82) is 0 Å². The van der Waals surface area contributed by atoms with E-state index >= 15 is 0 Å². The molecule has 19 heavy (non-hydrogen) atoms. The van der Waals surface area contributed by atoms with E-state index in [4.69, 9.17) is 0 Å². The van der Waals surface area contributed by atoms with Gasteiger partial charge in [0.15, 0.2) is 5.78 Å². The van der Waals surface area contributed by atoms with Gasteiger partial charge in [0.1, 0.15) is 0 Å². The number of carbonyl (C=O) groups is 1. The Hall–Kier alpha value is -1.37. The average molecular weight is 254 g/mol. The van der Waals surface area contributed by atoms with E-state index in [-0.39, 0.29) is 10.8 Å². The van der Waals surface area contributed by atoms with Crippen LogP contribution in [-0.2, 0) is 4.79 Å². The van der Waals surface area contributed by atoms with Gasteiger partial charge in [-0.25, -0.2) is 0 Å². The van der Waals surface area contributed by atoms with E-state index in [9.17, 15) is 4.79 Å². The van der Waals surface area contributed by atoms with Gasteiger partial charge in [-0.3, -0.25) is 4.79 Å². The van der Waals surface area contributed by atoms with Gasteiger partial charge < -0.3 is 0 Å². The second-order valence-corrected chi connectivity index (χ2v) is 6.98. The van der Waals surface area contributed by atoms with Gasteiger partial charge in [-0.1, -0.05) is 50.6 Å². The van der Waals surface area contributed by atoms with E-state index in [1.54, 1.807) is 0 Å². The molecule has 0 N–H and O–H groups in total. The number of aryl methyl sites for hydroxylation is 1. The Bertz CT molecular complexity index is 562. The molecule has 0 heterocycles. The molecule has 3 rings (SSSR count). The molecule has 1 nitrogen and oxygen atoms in total. The molecule has 0 saturated heterocycles. The molecule has 2 aliphatic carbocycles. The smallest absolute Gasteiger partial charge is 0.165 e. The summed E-state index contributed by atoms with van der Waals surface area (Å²) in [6.07, 6.45) is 4.33. The molecule has 1 aromatic carbocycles. The molecule has 2 bridgehead atoms. The van der Waals surface area contributed by atoms with Crippen molar-refractivity contribution in [2.45, 2.75) is 40.5 Å². The van der Waals surface area contributed by atoms with Gasteiger partial charge in [-0.2, -0.15) is 0 Å². The topological polar surface area (TPSA) is 17.1 Å². The first-order valence-electron chi connectivity index (χ1n) is 7.19. The fourth-order valence-electron chi connectivity index (χ4n) is 3.94. The van der Waals surface area contributed by atoms with Crippen LogP contribution < -0.4 is 0 Å². The minimum absolute atomic E-state index is 0.112. The third kappa shape index (κ3) is 1.57. The summed E-state index contributed by atoms with van der Waals surface area (Å²) < 4.78 is 0. The molecule has 2 aliphatic rings. The molecule has 0 amide bonds. The molecule has 0 aromatic heterocycles. The minimum Gasteiger partial charge on any atom is -0.294 e. The van der Waals surface area contributed by atoms with Crippen molar-refractivity contribution in [2.24, 2.45) is 16.7 Å². The fourth-order valence-corrected chi connectivity index (χ4v) is 3.94. The van der Waals surface area contributed by atoms with E-state index in [1.165, 1.54) is 5.56 Å². The van der Waals surface area contributed by atoms with Crippen LogP contribution in [0.3, 0.4) is 0 Å². The maximum Gasteiger partial charge on any atom is 0.165 e. The van der Waals surface area contributed by atoms with Crippen molar-refractivity contribution in [1.82, 2.24) is 0 Å². The van der Waals surface area contributed by atoms with Gasteiger partial charge >= 0.3 is 0 Å². The molecule has 2 fully saturated rings. The molecule has 0 unspecified atom stereocenters. The van der Waals surface area contributed by atoms with Crippen LogP contribution >= 0.6 is 0 Å². The van der Waals surface area contributed by atoms with E-state index in [1.807, 2.05) is 0 Å². The quantitative estimate of drug-likeness (QED) is 0.679. The van der Waals surface area contributed by atoms with Crippen LogP contribution in [0.4, 0.5) is 0 Å². The van der Waals surface area contributed by atoms with Crippen LogP contribution in [0, 0.1) is 23.7 Å². The monoisotopic (exact) mass is 254 g/mol. The Morgan fingerprint density at radius 2 is 1.79 bits per heavy atom. The molecule has 1 heteroatoms. The summed E-state index contributed by atoms with van der Waals surface area (Å²) in [4.78, 5) is 12.7. The number of benzene rings is 1. The van der Waals surface area contributed by atoms with E-state index < -0.39 is 0 Å². The molecular formula is C18H22O. The van der Waals surface area contributed by atoms with Crippen LogP contribution in [0.15, 0.2) is 29.8 Å². The Morgan fingerprint density at radius 3 is 2.32 bits per heavy atom. The lowest BCUT2D eigenvalue weighted by Gasteiger charge is -2.31. The summed E-state index contributed by atoms with van der Waals surface area (Å²) in [7, 11) is 0. The Kier molecular flexibility index (Phi) is 2.54. The van der Waals surface area contributed by atoms with Crippen molar-refractivity contribution >= 4 is 11.9 Å². The largest absolute Gasteiger partial charge is 0.294 e. The van der Waals surface area contributed by atoms with Crippen LogP contribution in [0.2, 0.25) is 0 Å². The van der Waals surface area contributed by atoms with Crippen LogP contribution in [-0.4, -0.2) is 5.78 Å². The zero-order valence-electron chi connectivity index (χ0n) is 12.3. The Labute approximate surface area is 115 Å². The summed E-state index contributed by atoms with van der Waals surface area (Å²) in [5.74, 6) is 0.820. The summed E-state index contributed by atoms with van der Waals surface area (Å²) in [6, 6.07) is 8.43. The highest BCUT2D eigenvalue weighted by atomic mass is 16.1. The van der Waals surface area contributed by atoms with Crippen molar-refractivity contribution in [3.8, 4) is 0 Å². The normalized spacial score (nSPS) is 34.2. The highest BCUT2D eigenvalue weighted by Gasteiger charge is 2.63. The molecule has 100 valence electrons. The highest BCUT2D eigenvalue weighted by molar-refractivity contribution is 6.07. The zero-order chi connectivity index (χ0) is 13.8. The van der Waals surface area contributed by atoms with Gasteiger partial charge in [-0.05, 0) is 48.3 Å². The summed E-state index contributed by atoms with van der Waals surface area (Å²) >= 11 is 0. The van der Waals surface area contributed by atoms with Crippen molar-refractivity contribution < 1.29 is 4.79 Å². The molecule has 2 saturated carbocycles. The standard InChI is InChI=1S/C18H22O/c1-12-5-7-13(8-6-12)11-14-15-9-10-18(4,16(14)19)17(15,2)3/h5-8,11,15H,9-10H2,1-4H3/b14-11+/t15-,18-/m1/s1. The maximum absolute atomic E-state index is 12.7. The number of fused-ring (bicyclic) bond motifs is 2. The second kappa shape index (κ2) is 3.82. The van der Waals surface area contributed by atoms with Crippen LogP contribution in [0.5, 0.6) is 0 Å². The van der Waals surface area contributed by atoms with Gasteiger partial charge in [0.25, 0.3) is 0 Å². The first-order chi connectivity index (χ1) is 8.86. The Balaban J connectivity index is 2.04. The molecule has 2 atom stereocenters. The van der Waals surface area contributed by atoms with Gasteiger partial charge in [-0.15, -0.1) is 0 Å². The second-order valence-electron chi connectivity index (χ2n) is 6.98. The maximum atomic E-state index is 12.7. The van der Waals surface area contributed by atoms with Gasteiger partial charge in [0.05, 0.1) is 0 Å². The SMILES string of the molecule is Cc1ccc(/C=C2/C(=O)[C@@]3(C)CC[C@H]2C3(C)C)cc1. The zero-order valence-corrected chi connectivity index (χ0v) is 12.3. The number of rotatable bonds is 1. The molecule has 0 spiro atoms. The van der Waals surface area contributed by atoms with Crippen molar-refractivity contribution in [3.63, 3.8) is 0 Å². The van der Waals surface area contributed by atoms with Crippen LogP contribution in [0.25, 0.3) is 6.08 Å². The lowest BCUT2D eigenvalue weighted by Crippen LogP contribution is -2.32. The first kappa shape index (κ1) is 12.7. The van der Waals surface area contributed by atoms with E-state index in [2.05, 4.69) is 58.0 Å². The number of allylic oxidation sites excluding steroid dienone is 1. The number of ketones is 1.